The van der Waals surface area contributed by atoms with Crippen molar-refractivity contribution in [1.29, 1.82) is 0 Å². The number of nitrogens with zero attached hydrogens (tertiary/aromatic N) is 3. The summed E-state index contributed by atoms with van der Waals surface area (Å²) in [5.41, 5.74) is 4.27. The third kappa shape index (κ3) is 4.75. The molecular formula is C23H22N6O2. The average Bonchev–Trinajstić information content (AvgIpc) is 3.20. The molecule has 0 bridgehead atoms. The van der Waals surface area contributed by atoms with Crippen LogP contribution in [0.5, 0.6) is 0 Å². The zero-order chi connectivity index (χ0) is 21.6. The molecule has 0 saturated carbocycles. The summed E-state index contributed by atoms with van der Waals surface area (Å²) in [5.74, 6) is 0.248. The number of nitrogens with one attached hydrogen (secondary N) is 3. The number of urea groups is 1. The van der Waals surface area contributed by atoms with E-state index < -0.39 is 0 Å². The van der Waals surface area contributed by atoms with Crippen molar-refractivity contribution in [2.75, 3.05) is 11.9 Å². The second-order valence-corrected chi connectivity index (χ2v) is 6.97. The number of hydrogen-bond donors (Lipinski definition) is 3. The predicted octanol–water partition coefficient (Wildman–Crippen LogP) is 3.98. The number of fused-ring (bicyclic) bond motifs is 1. The Balaban J connectivity index is 1.70. The van der Waals surface area contributed by atoms with Crippen LogP contribution in [0.25, 0.3) is 22.2 Å². The predicted molar refractivity (Wildman–Crippen MR) is 119 cm³/mol. The van der Waals surface area contributed by atoms with E-state index >= 15 is 0 Å². The standard InChI is InChI=1S/C23H22N6O2/c1-2-25-23(31)29-22-27-19-13-16(15-6-5-10-24-14-15)12-18(21(19)28-22)20(30)9-8-17-7-3-4-11-26-17/h3-7,10-14H,2,8-9H2,1H3,(H3,25,27,28,29,31). The summed E-state index contributed by atoms with van der Waals surface area (Å²) >= 11 is 0. The normalized spacial score (nSPS) is 10.7. The van der Waals surface area contributed by atoms with E-state index in [9.17, 15) is 9.59 Å². The first-order valence-electron chi connectivity index (χ1n) is 10.1. The number of imidazole rings is 1. The molecule has 31 heavy (non-hydrogen) atoms. The molecule has 0 aliphatic heterocycles. The fraction of sp³-hybridized carbons (Fsp3) is 0.174. The number of benzene rings is 1. The molecule has 1 aromatic carbocycles. The first-order chi connectivity index (χ1) is 15.1. The number of ketones is 1. The second-order valence-electron chi connectivity index (χ2n) is 6.97. The van der Waals surface area contributed by atoms with Crippen LogP contribution in [0.1, 0.15) is 29.4 Å². The lowest BCUT2D eigenvalue weighted by Crippen LogP contribution is -2.28. The highest BCUT2D eigenvalue weighted by Gasteiger charge is 2.17. The third-order valence-corrected chi connectivity index (χ3v) is 4.79. The summed E-state index contributed by atoms with van der Waals surface area (Å²) in [5, 5.41) is 5.32. The summed E-state index contributed by atoms with van der Waals surface area (Å²) in [6, 6.07) is 12.8. The van der Waals surface area contributed by atoms with Gasteiger partial charge < -0.3 is 10.3 Å². The number of carbonyl (C=O) groups is 2. The molecule has 3 N–H and O–H groups in total. The Morgan fingerprint density at radius 1 is 1.06 bits per heavy atom. The Kier molecular flexibility index (Phi) is 5.98. The number of rotatable bonds is 7. The number of aromatic nitrogens is 4. The van der Waals surface area contributed by atoms with E-state index in [4.69, 9.17) is 0 Å². The van der Waals surface area contributed by atoms with Crippen molar-refractivity contribution in [2.45, 2.75) is 19.8 Å². The van der Waals surface area contributed by atoms with Gasteiger partial charge in [-0.15, -0.1) is 0 Å². The number of H-pyrrole nitrogens is 1. The van der Waals surface area contributed by atoms with Crippen LogP contribution in [-0.4, -0.2) is 38.3 Å². The van der Waals surface area contributed by atoms with Crippen molar-refractivity contribution >= 4 is 28.8 Å². The SMILES string of the molecule is CCNC(=O)Nc1nc2cc(-c3cccnc3)cc(C(=O)CCc3ccccn3)c2[nH]1. The summed E-state index contributed by atoms with van der Waals surface area (Å²) in [6.07, 6.45) is 6.00. The number of Topliss-reactive ketones (excluding diaryl/α,β-unsaturated/α-hetero) is 1. The zero-order valence-corrected chi connectivity index (χ0v) is 17.1. The number of aryl methyl sites for hydroxylation is 1. The van der Waals surface area contributed by atoms with E-state index in [1.54, 1.807) is 18.6 Å². The van der Waals surface area contributed by atoms with Gasteiger partial charge in [-0.25, -0.2) is 9.78 Å². The van der Waals surface area contributed by atoms with Gasteiger partial charge in [0, 0.05) is 48.4 Å². The second kappa shape index (κ2) is 9.17. The van der Waals surface area contributed by atoms with Gasteiger partial charge in [-0.05, 0) is 49.2 Å². The highest BCUT2D eigenvalue weighted by molar-refractivity contribution is 6.08. The van der Waals surface area contributed by atoms with Gasteiger partial charge in [-0.2, -0.15) is 0 Å². The molecule has 0 aliphatic rings. The van der Waals surface area contributed by atoms with Crippen LogP contribution in [0.2, 0.25) is 0 Å². The lowest BCUT2D eigenvalue weighted by atomic mass is 9.98. The molecule has 156 valence electrons. The maximum absolute atomic E-state index is 13.2. The largest absolute Gasteiger partial charge is 0.338 e. The third-order valence-electron chi connectivity index (χ3n) is 4.79. The quantitative estimate of drug-likeness (QED) is 0.396. The molecule has 0 fully saturated rings. The molecule has 3 aromatic heterocycles. The van der Waals surface area contributed by atoms with Crippen LogP contribution in [0, 0.1) is 0 Å². The maximum Gasteiger partial charge on any atom is 0.321 e. The molecule has 4 rings (SSSR count). The van der Waals surface area contributed by atoms with Crippen LogP contribution < -0.4 is 10.6 Å². The molecule has 0 unspecified atom stereocenters. The first kappa shape index (κ1) is 20.2. The van der Waals surface area contributed by atoms with Gasteiger partial charge >= 0.3 is 6.03 Å². The molecule has 0 spiro atoms. The highest BCUT2D eigenvalue weighted by Crippen LogP contribution is 2.28. The van der Waals surface area contributed by atoms with Gasteiger partial charge in [0.2, 0.25) is 5.95 Å². The van der Waals surface area contributed by atoms with Crippen LogP contribution in [-0.2, 0) is 6.42 Å². The van der Waals surface area contributed by atoms with Gasteiger partial charge in [0.05, 0.1) is 11.0 Å². The van der Waals surface area contributed by atoms with Crippen LogP contribution in [0.3, 0.4) is 0 Å². The molecule has 8 heteroatoms. The van der Waals surface area contributed by atoms with Gasteiger partial charge in [0.1, 0.15) is 0 Å². The Bertz CT molecular complexity index is 1200. The van der Waals surface area contributed by atoms with Crippen LogP contribution in [0.4, 0.5) is 10.7 Å². The summed E-state index contributed by atoms with van der Waals surface area (Å²) in [4.78, 5) is 41.1. The number of anilines is 1. The summed E-state index contributed by atoms with van der Waals surface area (Å²) < 4.78 is 0. The van der Waals surface area contributed by atoms with Crippen LogP contribution >= 0.6 is 0 Å². The molecule has 3 heterocycles. The lowest BCUT2D eigenvalue weighted by Gasteiger charge is -2.07. The highest BCUT2D eigenvalue weighted by atomic mass is 16.2. The van der Waals surface area contributed by atoms with Crippen molar-refractivity contribution in [2.24, 2.45) is 0 Å². The maximum atomic E-state index is 13.2. The molecule has 0 saturated heterocycles. The molecule has 0 radical (unpaired) electrons. The number of carbonyl (C=O) groups excluding carboxylic acids is 2. The fourth-order valence-corrected chi connectivity index (χ4v) is 3.33. The Labute approximate surface area is 179 Å². The number of aromatic amines is 1. The van der Waals surface area contributed by atoms with Crippen molar-refractivity contribution in [3.63, 3.8) is 0 Å². The lowest BCUT2D eigenvalue weighted by molar-refractivity contribution is 0.0984. The molecule has 0 aliphatic carbocycles. The summed E-state index contributed by atoms with van der Waals surface area (Å²) in [6.45, 7) is 2.32. The first-order valence-corrected chi connectivity index (χ1v) is 10.1. The Morgan fingerprint density at radius 2 is 1.97 bits per heavy atom. The van der Waals surface area contributed by atoms with Crippen LogP contribution in [0.15, 0.2) is 61.1 Å². The van der Waals surface area contributed by atoms with E-state index in [-0.39, 0.29) is 17.8 Å². The van der Waals surface area contributed by atoms with Crippen molar-refractivity contribution in [1.82, 2.24) is 25.3 Å². The Hall–Kier alpha value is -4.07. The minimum Gasteiger partial charge on any atom is -0.338 e. The molecule has 2 amide bonds. The molecule has 4 aromatic rings. The minimum absolute atomic E-state index is 0.0328. The van der Waals surface area contributed by atoms with E-state index in [0.717, 1.165) is 16.8 Å². The van der Waals surface area contributed by atoms with E-state index in [1.165, 1.54) is 0 Å². The van der Waals surface area contributed by atoms with Crippen molar-refractivity contribution in [3.8, 4) is 11.1 Å². The smallest absolute Gasteiger partial charge is 0.321 e. The van der Waals surface area contributed by atoms with Gasteiger partial charge in [-0.3, -0.25) is 20.1 Å². The topological polar surface area (TPSA) is 113 Å². The molecular weight excluding hydrogens is 392 g/mol. The monoisotopic (exact) mass is 414 g/mol. The Morgan fingerprint density at radius 3 is 2.71 bits per heavy atom. The molecule has 0 atom stereocenters. The van der Waals surface area contributed by atoms with E-state index in [2.05, 4.69) is 30.6 Å². The average molecular weight is 414 g/mol. The number of hydrogen-bond acceptors (Lipinski definition) is 5. The van der Waals surface area contributed by atoms with Crippen molar-refractivity contribution in [3.05, 3.63) is 72.3 Å². The summed E-state index contributed by atoms with van der Waals surface area (Å²) in [7, 11) is 0. The zero-order valence-electron chi connectivity index (χ0n) is 17.1. The number of pyridine rings is 2. The van der Waals surface area contributed by atoms with Gasteiger partial charge in [0.15, 0.2) is 5.78 Å². The number of amides is 2. The minimum atomic E-state index is -0.364. The van der Waals surface area contributed by atoms with E-state index in [0.29, 0.717) is 36.0 Å². The van der Waals surface area contributed by atoms with Crippen molar-refractivity contribution < 1.29 is 9.59 Å². The molecule has 8 nitrogen and oxygen atoms in total. The van der Waals surface area contributed by atoms with Gasteiger partial charge in [-0.1, -0.05) is 12.1 Å². The van der Waals surface area contributed by atoms with E-state index in [1.807, 2.05) is 49.4 Å². The van der Waals surface area contributed by atoms with Gasteiger partial charge in [0.25, 0.3) is 0 Å². The fourth-order valence-electron chi connectivity index (χ4n) is 3.33.